The molecule has 0 atom stereocenters. The highest BCUT2D eigenvalue weighted by molar-refractivity contribution is 6.17. The zero-order chi connectivity index (χ0) is 27.5. The number of anilines is 2. The fraction of sp³-hybridized carbons (Fsp3) is 0.133. The highest BCUT2D eigenvalue weighted by Gasteiger charge is 2.12. The molecule has 0 radical (unpaired) electrons. The molecule has 6 nitrogen and oxygen atoms in total. The Labute approximate surface area is 232 Å². The molecule has 0 aliphatic heterocycles. The molecule has 38 heavy (non-hydrogen) atoms. The zero-order valence-corrected chi connectivity index (χ0v) is 22.6. The Morgan fingerprint density at radius 2 is 1.32 bits per heavy atom. The average Bonchev–Trinajstić information content (AvgIpc) is 2.98. The minimum atomic E-state index is -0.221. The van der Waals surface area contributed by atoms with E-state index in [1.807, 2.05) is 54.6 Å². The summed E-state index contributed by atoms with van der Waals surface area (Å²) in [6.45, 7) is 0. The van der Waals surface area contributed by atoms with Gasteiger partial charge in [0.2, 0.25) is 0 Å². The van der Waals surface area contributed by atoms with Crippen LogP contribution in [-0.2, 0) is 11.8 Å². The Morgan fingerprint density at radius 3 is 1.84 bits per heavy atom. The second kappa shape index (κ2) is 14.1. The molecule has 0 aliphatic carbocycles. The van der Waals surface area contributed by atoms with E-state index in [9.17, 15) is 9.59 Å². The van der Waals surface area contributed by atoms with Crippen LogP contribution in [0.25, 0.3) is 11.1 Å². The van der Waals surface area contributed by atoms with Crippen LogP contribution >= 0.6 is 23.2 Å². The largest absolute Gasteiger partial charge is 0.495 e. The van der Waals surface area contributed by atoms with Crippen molar-refractivity contribution >= 4 is 46.8 Å². The maximum absolute atomic E-state index is 12.5. The molecule has 0 saturated heterocycles. The molecule has 0 heterocycles. The van der Waals surface area contributed by atoms with E-state index >= 15 is 0 Å². The number of rotatable bonds is 8. The van der Waals surface area contributed by atoms with Crippen molar-refractivity contribution in [1.82, 2.24) is 0 Å². The number of methoxy groups -OCH3 is 2. The lowest BCUT2D eigenvalue weighted by Crippen LogP contribution is -2.12. The van der Waals surface area contributed by atoms with E-state index in [0.29, 0.717) is 45.8 Å². The minimum absolute atomic E-state index is 0.221. The van der Waals surface area contributed by atoms with Crippen LogP contribution in [0.2, 0.25) is 0 Å². The van der Waals surface area contributed by atoms with Crippen LogP contribution in [-0.4, -0.2) is 26.4 Å². The van der Waals surface area contributed by atoms with Gasteiger partial charge in [0.15, 0.2) is 0 Å². The van der Waals surface area contributed by atoms with Crippen molar-refractivity contribution in [2.45, 2.75) is 11.8 Å². The number of alkyl halides is 2. The minimum Gasteiger partial charge on any atom is -0.495 e. The summed E-state index contributed by atoms with van der Waals surface area (Å²) in [6, 6.07) is 25.5. The van der Waals surface area contributed by atoms with Crippen molar-refractivity contribution in [2.75, 3.05) is 25.3 Å². The Bertz CT molecular complexity index is 1370. The van der Waals surface area contributed by atoms with Gasteiger partial charge in [-0.15, -0.1) is 23.2 Å². The monoisotopic (exact) mass is 550 g/mol. The number of benzene rings is 4. The summed E-state index contributed by atoms with van der Waals surface area (Å²) in [5.74, 6) is 1.85. The number of amides is 1. The lowest BCUT2D eigenvalue weighted by atomic mass is 10.0. The zero-order valence-electron chi connectivity index (χ0n) is 21.0. The highest BCUT2D eigenvalue weighted by Crippen LogP contribution is 2.34. The van der Waals surface area contributed by atoms with E-state index in [1.165, 1.54) is 0 Å². The molecule has 4 aromatic carbocycles. The topological polar surface area (TPSA) is 90.7 Å². The predicted octanol–water partition coefficient (Wildman–Crippen LogP) is 7.18. The normalized spacial score (nSPS) is 10.1. The third-order valence-corrected chi connectivity index (χ3v) is 6.27. The molecule has 196 valence electrons. The van der Waals surface area contributed by atoms with Gasteiger partial charge in [-0.1, -0.05) is 48.5 Å². The van der Waals surface area contributed by atoms with Crippen LogP contribution < -0.4 is 20.5 Å². The number of hydrogen-bond acceptors (Lipinski definition) is 5. The van der Waals surface area contributed by atoms with Crippen molar-refractivity contribution in [2.24, 2.45) is 0 Å². The number of nitrogens with two attached hydrogens (primary N) is 1. The number of hydrogen-bond donors (Lipinski definition) is 2. The second-order valence-corrected chi connectivity index (χ2v) is 8.68. The van der Waals surface area contributed by atoms with Crippen LogP contribution in [0.3, 0.4) is 0 Å². The number of carbonyl (C=O) groups is 2. The van der Waals surface area contributed by atoms with E-state index in [4.69, 9.17) is 38.4 Å². The molecular formula is C30H28Cl2N2O4. The van der Waals surface area contributed by atoms with Gasteiger partial charge in [0.25, 0.3) is 5.91 Å². The van der Waals surface area contributed by atoms with Crippen LogP contribution in [0.15, 0.2) is 84.9 Å². The Hall–Kier alpha value is -4.00. The first kappa shape index (κ1) is 28.6. The van der Waals surface area contributed by atoms with Crippen LogP contribution in [0, 0.1) is 0 Å². The summed E-state index contributed by atoms with van der Waals surface area (Å²) < 4.78 is 10.8. The molecule has 8 heteroatoms. The van der Waals surface area contributed by atoms with Gasteiger partial charge >= 0.3 is 0 Å². The molecule has 0 bridgehead atoms. The van der Waals surface area contributed by atoms with Crippen molar-refractivity contribution in [1.29, 1.82) is 0 Å². The molecular weight excluding hydrogens is 523 g/mol. The standard InChI is InChI=1S/C22H21ClN2O3.C8H7ClO/c1-27-20-11-16(7-9-18(20)24)17-8-10-19(21(12-17)28-2)25-22(26)15-5-3-14(13-23)4-6-15;9-5-7-1-3-8(6-10)4-2-7/h3-12H,13,24H2,1-2H3,(H,25,26);1-4,6H,5H2. The Morgan fingerprint density at radius 1 is 0.789 bits per heavy atom. The quantitative estimate of drug-likeness (QED) is 0.138. The van der Waals surface area contributed by atoms with Gasteiger partial charge < -0.3 is 20.5 Å². The van der Waals surface area contributed by atoms with Crippen LogP contribution in [0.5, 0.6) is 11.5 Å². The van der Waals surface area contributed by atoms with Gasteiger partial charge in [-0.2, -0.15) is 0 Å². The van der Waals surface area contributed by atoms with E-state index in [1.54, 1.807) is 44.6 Å². The number of nitrogen functional groups attached to an aromatic ring is 1. The number of halogens is 2. The van der Waals surface area contributed by atoms with Gasteiger partial charge in [0, 0.05) is 22.9 Å². The van der Waals surface area contributed by atoms with Crippen molar-refractivity contribution in [3.8, 4) is 22.6 Å². The van der Waals surface area contributed by atoms with Gasteiger partial charge in [-0.3, -0.25) is 9.59 Å². The Balaban J connectivity index is 0.000000336. The maximum Gasteiger partial charge on any atom is 0.255 e. The molecule has 4 rings (SSSR count). The van der Waals surface area contributed by atoms with Crippen LogP contribution in [0.1, 0.15) is 31.8 Å². The summed E-state index contributed by atoms with van der Waals surface area (Å²) in [4.78, 5) is 22.7. The first-order valence-corrected chi connectivity index (χ1v) is 12.7. The number of carbonyl (C=O) groups excluding carboxylic acids is 2. The molecule has 0 fully saturated rings. The van der Waals surface area contributed by atoms with Gasteiger partial charge in [0.1, 0.15) is 17.8 Å². The molecule has 0 saturated carbocycles. The van der Waals surface area contributed by atoms with Crippen LogP contribution in [0.4, 0.5) is 11.4 Å². The smallest absolute Gasteiger partial charge is 0.255 e. The lowest BCUT2D eigenvalue weighted by molar-refractivity contribution is 0.102. The second-order valence-electron chi connectivity index (χ2n) is 8.15. The summed E-state index contributed by atoms with van der Waals surface area (Å²) in [6.07, 6.45) is 0.817. The first-order chi connectivity index (χ1) is 18.4. The van der Waals surface area contributed by atoms with Crippen molar-refractivity contribution in [3.05, 3.63) is 107 Å². The van der Waals surface area contributed by atoms with Crippen molar-refractivity contribution in [3.63, 3.8) is 0 Å². The SMILES string of the molecule is COc1cc(-c2ccc(NC(=O)c3ccc(CCl)cc3)c(OC)c2)ccc1N.O=Cc1ccc(CCl)cc1. The molecule has 0 aliphatic rings. The number of nitrogens with one attached hydrogen (secondary N) is 1. The molecule has 0 aromatic heterocycles. The maximum atomic E-state index is 12.5. The fourth-order valence-electron chi connectivity index (χ4n) is 3.49. The number of ether oxygens (including phenoxy) is 2. The van der Waals surface area contributed by atoms with Gasteiger partial charge in [-0.25, -0.2) is 0 Å². The third kappa shape index (κ3) is 7.51. The number of aldehydes is 1. The van der Waals surface area contributed by atoms with Gasteiger partial charge in [0.05, 0.1) is 25.6 Å². The first-order valence-electron chi connectivity index (χ1n) is 11.6. The predicted molar refractivity (Wildman–Crippen MR) is 155 cm³/mol. The summed E-state index contributed by atoms with van der Waals surface area (Å²) in [5, 5.41) is 2.88. The molecule has 0 spiro atoms. The fourth-order valence-corrected chi connectivity index (χ4v) is 3.85. The van der Waals surface area contributed by atoms with E-state index in [0.717, 1.165) is 28.5 Å². The summed E-state index contributed by atoms with van der Waals surface area (Å²) >= 11 is 11.3. The summed E-state index contributed by atoms with van der Waals surface area (Å²) in [7, 11) is 3.14. The molecule has 3 N–H and O–H groups in total. The molecule has 4 aromatic rings. The third-order valence-electron chi connectivity index (χ3n) is 5.66. The van der Waals surface area contributed by atoms with E-state index < -0.39 is 0 Å². The molecule has 0 unspecified atom stereocenters. The highest BCUT2D eigenvalue weighted by atomic mass is 35.5. The lowest BCUT2D eigenvalue weighted by Gasteiger charge is -2.13. The van der Waals surface area contributed by atoms with E-state index in [-0.39, 0.29) is 5.91 Å². The average molecular weight is 551 g/mol. The van der Waals surface area contributed by atoms with Crippen molar-refractivity contribution < 1.29 is 19.1 Å². The van der Waals surface area contributed by atoms with E-state index in [2.05, 4.69) is 5.32 Å². The van der Waals surface area contributed by atoms with Gasteiger partial charge in [-0.05, 0) is 58.7 Å². The molecule has 1 amide bonds. The Kier molecular flexibility index (Phi) is 10.6. The summed E-state index contributed by atoms with van der Waals surface area (Å²) in [5.41, 5.74) is 12.1.